The maximum atomic E-state index is 12.6. The molecule has 2 unspecified atom stereocenters. The fourth-order valence-corrected chi connectivity index (χ4v) is 6.99. The first kappa shape index (κ1) is 14.3. The summed E-state index contributed by atoms with van der Waals surface area (Å²) in [6.07, 6.45) is 0.404. The van der Waals surface area contributed by atoms with E-state index >= 15 is 0 Å². The van der Waals surface area contributed by atoms with Gasteiger partial charge in [0.05, 0.1) is 15.9 Å². The molecule has 0 radical (unpaired) electrons. The van der Waals surface area contributed by atoms with Crippen LogP contribution in [-0.2, 0) is 19.9 Å². The van der Waals surface area contributed by atoms with Crippen LogP contribution in [0.5, 0.6) is 0 Å². The molecule has 2 heterocycles. The van der Waals surface area contributed by atoms with Gasteiger partial charge in [-0.1, -0.05) is 17.7 Å². The van der Waals surface area contributed by atoms with E-state index < -0.39 is 31.2 Å². The van der Waals surface area contributed by atoms with Crippen LogP contribution in [0.3, 0.4) is 0 Å². The first-order valence-electron chi connectivity index (χ1n) is 6.21. The second kappa shape index (κ2) is 4.43. The first-order chi connectivity index (χ1) is 9.22. The van der Waals surface area contributed by atoms with Gasteiger partial charge >= 0.3 is 0 Å². The van der Waals surface area contributed by atoms with Gasteiger partial charge in [0, 0.05) is 17.6 Å². The molecule has 2 aliphatic rings. The zero-order valence-electron chi connectivity index (χ0n) is 10.8. The molecule has 0 aromatic heterocycles. The standard InChI is InChI=1S/C12H14ClNO4S2/c1-8-2-3-10(5-12(8)13)20(17,18)14-6-11-4-9(14)7-19(11,15)16/h2-3,5,9,11H,4,6-7H2,1H3. The quantitative estimate of drug-likeness (QED) is 0.814. The number of halogens is 1. The second-order valence-electron chi connectivity index (χ2n) is 5.33. The van der Waals surface area contributed by atoms with Crippen molar-refractivity contribution in [2.75, 3.05) is 12.3 Å². The van der Waals surface area contributed by atoms with Crippen LogP contribution in [-0.4, -0.2) is 44.7 Å². The van der Waals surface area contributed by atoms with Crippen LogP contribution in [0, 0.1) is 6.92 Å². The van der Waals surface area contributed by atoms with E-state index in [9.17, 15) is 16.8 Å². The number of rotatable bonds is 2. The zero-order chi connectivity index (χ0) is 14.7. The largest absolute Gasteiger partial charge is 0.243 e. The van der Waals surface area contributed by atoms with Gasteiger partial charge in [0.1, 0.15) is 0 Å². The van der Waals surface area contributed by atoms with E-state index in [1.54, 1.807) is 13.0 Å². The topological polar surface area (TPSA) is 71.5 Å². The Bertz CT molecular complexity index is 773. The number of sulfone groups is 1. The van der Waals surface area contributed by atoms with Gasteiger partial charge in [0.15, 0.2) is 9.84 Å². The molecule has 110 valence electrons. The van der Waals surface area contributed by atoms with Crippen LogP contribution in [0.2, 0.25) is 5.02 Å². The molecule has 2 aliphatic heterocycles. The van der Waals surface area contributed by atoms with Crippen LogP contribution < -0.4 is 0 Å². The second-order valence-corrected chi connectivity index (χ2v) is 9.95. The van der Waals surface area contributed by atoms with Crippen molar-refractivity contribution in [1.82, 2.24) is 4.31 Å². The predicted molar refractivity (Wildman–Crippen MR) is 76.1 cm³/mol. The smallest absolute Gasteiger partial charge is 0.228 e. The van der Waals surface area contributed by atoms with Crippen molar-refractivity contribution in [2.24, 2.45) is 0 Å². The van der Waals surface area contributed by atoms with E-state index in [2.05, 4.69) is 0 Å². The maximum absolute atomic E-state index is 12.6. The fraction of sp³-hybridized carbons (Fsp3) is 0.500. The van der Waals surface area contributed by atoms with Gasteiger partial charge < -0.3 is 0 Å². The molecule has 2 fully saturated rings. The molecule has 1 aromatic carbocycles. The summed E-state index contributed by atoms with van der Waals surface area (Å²) in [5.41, 5.74) is 0.802. The lowest BCUT2D eigenvalue weighted by Gasteiger charge is -2.26. The summed E-state index contributed by atoms with van der Waals surface area (Å²) >= 11 is 5.97. The molecular formula is C12H14ClNO4S2. The third kappa shape index (κ3) is 2.07. The van der Waals surface area contributed by atoms with Gasteiger partial charge in [-0.2, -0.15) is 4.31 Å². The molecule has 1 aromatic rings. The van der Waals surface area contributed by atoms with Crippen molar-refractivity contribution < 1.29 is 16.8 Å². The Kier molecular flexibility index (Phi) is 3.17. The van der Waals surface area contributed by atoms with Gasteiger partial charge in [0.25, 0.3) is 0 Å². The van der Waals surface area contributed by atoms with Crippen LogP contribution in [0.4, 0.5) is 0 Å². The Balaban J connectivity index is 1.97. The first-order valence-corrected chi connectivity index (χ1v) is 9.75. The monoisotopic (exact) mass is 335 g/mol. The molecule has 20 heavy (non-hydrogen) atoms. The summed E-state index contributed by atoms with van der Waals surface area (Å²) in [6, 6.07) is 4.15. The summed E-state index contributed by atoms with van der Waals surface area (Å²) in [6.45, 7) is 1.85. The van der Waals surface area contributed by atoms with Crippen molar-refractivity contribution in [3.05, 3.63) is 28.8 Å². The molecular weight excluding hydrogens is 322 g/mol. The summed E-state index contributed by atoms with van der Waals surface area (Å²) in [4.78, 5) is 0.123. The highest BCUT2D eigenvalue weighted by Gasteiger charge is 2.52. The van der Waals surface area contributed by atoms with Crippen molar-refractivity contribution in [3.8, 4) is 0 Å². The van der Waals surface area contributed by atoms with E-state index in [0.29, 0.717) is 11.4 Å². The van der Waals surface area contributed by atoms with Crippen molar-refractivity contribution >= 4 is 31.5 Å². The molecule has 8 heteroatoms. The van der Waals surface area contributed by atoms with Crippen LogP contribution in [0.15, 0.2) is 23.1 Å². The lowest BCUT2D eigenvalue weighted by atomic mass is 10.2. The predicted octanol–water partition coefficient (Wildman–Crippen LogP) is 1.21. The molecule has 0 spiro atoms. The van der Waals surface area contributed by atoms with E-state index in [1.807, 2.05) is 0 Å². The lowest BCUT2D eigenvalue weighted by Crippen LogP contribution is -2.43. The Morgan fingerprint density at radius 1 is 1.35 bits per heavy atom. The summed E-state index contributed by atoms with van der Waals surface area (Å²) in [7, 11) is -6.78. The summed E-state index contributed by atoms with van der Waals surface area (Å²) in [5.74, 6) is -0.0729. The van der Waals surface area contributed by atoms with Gasteiger partial charge in [-0.15, -0.1) is 0 Å². The zero-order valence-corrected chi connectivity index (χ0v) is 13.2. The van der Waals surface area contributed by atoms with Crippen LogP contribution >= 0.6 is 11.6 Å². The molecule has 5 nitrogen and oxygen atoms in total. The van der Waals surface area contributed by atoms with E-state index in [-0.39, 0.29) is 17.2 Å². The normalized spacial score (nSPS) is 28.9. The van der Waals surface area contributed by atoms with Crippen molar-refractivity contribution in [2.45, 2.75) is 29.5 Å². The fourth-order valence-electron chi connectivity index (χ4n) is 2.82. The minimum atomic E-state index is -3.67. The van der Waals surface area contributed by atoms with Gasteiger partial charge in [-0.3, -0.25) is 0 Å². The Hall–Kier alpha value is -0.630. The van der Waals surface area contributed by atoms with E-state index in [4.69, 9.17) is 11.6 Å². The van der Waals surface area contributed by atoms with Crippen LogP contribution in [0.25, 0.3) is 0 Å². The molecule has 2 atom stereocenters. The third-order valence-corrected chi connectivity index (χ3v) is 8.54. The highest BCUT2D eigenvalue weighted by atomic mass is 35.5. The number of hydrogen-bond donors (Lipinski definition) is 0. The SMILES string of the molecule is Cc1ccc(S(=O)(=O)N2CC3CC2CS3(=O)=O)cc1Cl. The Labute approximate surface area is 123 Å². The molecule has 0 saturated carbocycles. The lowest BCUT2D eigenvalue weighted by molar-refractivity contribution is 0.402. The van der Waals surface area contributed by atoms with E-state index in [0.717, 1.165) is 5.56 Å². The minimum absolute atomic E-state index is 0.0564. The Morgan fingerprint density at radius 2 is 2.05 bits per heavy atom. The average molecular weight is 336 g/mol. The van der Waals surface area contributed by atoms with Crippen molar-refractivity contribution in [3.63, 3.8) is 0 Å². The van der Waals surface area contributed by atoms with Crippen LogP contribution in [0.1, 0.15) is 12.0 Å². The molecule has 0 amide bonds. The average Bonchev–Trinajstić information content (AvgIpc) is 2.88. The van der Waals surface area contributed by atoms with Gasteiger partial charge in [-0.25, -0.2) is 16.8 Å². The van der Waals surface area contributed by atoms with Gasteiger partial charge in [-0.05, 0) is 31.0 Å². The Morgan fingerprint density at radius 3 is 2.55 bits per heavy atom. The van der Waals surface area contributed by atoms with E-state index in [1.165, 1.54) is 16.4 Å². The maximum Gasteiger partial charge on any atom is 0.243 e. The van der Waals surface area contributed by atoms with Crippen molar-refractivity contribution in [1.29, 1.82) is 0 Å². The number of sulfonamides is 1. The number of benzene rings is 1. The molecule has 2 bridgehead atoms. The summed E-state index contributed by atoms with van der Waals surface area (Å²) in [5, 5.41) is -0.161. The highest BCUT2D eigenvalue weighted by molar-refractivity contribution is 7.93. The molecule has 0 aliphatic carbocycles. The molecule has 3 rings (SSSR count). The number of nitrogens with zero attached hydrogens (tertiary/aromatic N) is 1. The number of hydrogen-bond acceptors (Lipinski definition) is 4. The molecule has 2 saturated heterocycles. The third-order valence-electron chi connectivity index (χ3n) is 4.01. The highest BCUT2D eigenvalue weighted by Crippen LogP contribution is 2.37. The molecule has 0 N–H and O–H groups in total. The minimum Gasteiger partial charge on any atom is -0.228 e. The summed E-state index contributed by atoms with van der Waals surface area (Å²) < 4.78 is 49.8. The van der Waals surface area contributed by atoms with Gasteiger partial charge in [0.2, 0.25) is 10.0 Å². The number of aryl methyl sites for hydroxylation is 1. The number of fused-ring (bicyclic) bond motifs is 2.